The van der Waals surface area contributed by atoms with Crippen molar-refractivity contribution in [2.45, 2.75) is 18.9 Å². The fraction of sp³-hybridized carbons (Fsp3) is 0.231. The molecule has 0 saturated carbocycles. The maximum absolute atomic E-state index is 13.3. The van der Waals surface area contributed by atoms with E-state index in [0.29, 0.717) is 6.42 Å². The minimum absolute atomic E-state index is 0.105. The first-order valence-electron chi connectivity index (χ1n) is 5.59. The number of hydrogen-bond acceptors (Lipinski definition) is 3. The van der Waals surface area contributed by atoms with Crippen LogP contribution >= 0.6 is 27.3 Å². The first-order chi connectivity index (χ1) is 8.67. The summed E-state index contributed by atoms with van der Waals surface area (Å²) in [5.74, 6) is 5.33. The van der Waals surface area contributed by atoms with E-state index in [0.717, 1.165) is 16.5 Å². The molecule has 0 fully saturated rings. The summed E-state index contributed by atoms with van der Waals surface area (Å²) in [6, 6.07) is 7.10. The van der Waals surface area contributed by atoms with Gasteiger partial charge in [0.15, 0.2) is 0 Å². The van der Waals surface area contributed by atoms with Gasteiger partial charge in [-0.25, -0.2) is 4.39 Å². The summed E-state index contributed by atoms with van der Waals surface area (Å²) in [5, 5.41) is 4.15. The van der Waals surface area contributed by atoms with Gasteiger partial charge >= 0.3 is 0 Å². The molecule has 0 amide bonds. The lowest BCUT2D eigenvalue weighted by Gasteiger charge is -2.15. The molecule has 0 spiro atoms. The van der Waals surface area contributed by atoms with Crippen LogP contribution in [0.2, 0.25) is 0 Å². The zero-order chi connectivity index (χ0) is 13.0. The van der Waals surface area contributed by atoms with Gasteiger partial charge in [0.25, 0.3) is 0 Å². The van der Waals surface area contributed by atoms with Crippen LogP contribution in [0.1, 0.15) is 11.1 Å². The van der Waals surface area contributed by atoms with Crippen LogP contribution in [0.4, 0.5) is 4.39 Å². The van der Waals surface area contributed by atoms with Crippen LogP contribution in [0.15, 0.2) is 39.5 Å². The minimum Gasteiger partial charge on any atom is -0.271 e. The Kier molecular flexibility index (Phi) is 4.88. The first-order valence-corrected chi connectivity index (χ1v) is 7.33. The average Bonchev–Trinajstić information content (AvgIpc) is 2.79. The van der Waals surface area contributed by atoms with Crippen molar-refractivity contribution in [3.63, 3.8) is 0 Å². The number of halogens is 2. The summed E-state index contributed by atoms with van der Waals surface area (Å²) in [4.78, 5) is 0. The highest BCUT2D eigenvalue weighted by atomic mass is 79.9. The van der Waals surface area contributed by atoms with Crippen molar-refractivity contribution in [3.05, 3.63) is 56.4 Å². The van der Waals surface area contributed by atoms with E-state index in [1.165, 1.54) is 11.6 Å². The SMILES string of the molecule is NNC(Cc1ccsc1)Cc1cc(F)cc(Br)c1. The number of benzene rings is 1. The van der Waals surface area contributed by atoms with Gasteiger partial charge in [-0.1, -0.05) is 15.9 Å². The molecule has 1 aromatic heterocycles. The van der Waals surface area contributed by atoms with Crippen LogP contribution in [0.3, 0.4) is 0 Å². The summed E-state index contributed by atoms with van der Waals surface area (Å²) in [6.45, 7) is 0. The number of rotatable bonds is 5. The molecule has 18 heavy (non-hydrogen) atoms. The van der Waals surface area contributed by atoms with E-state index < -0.39 is 0 Å². The lowest BCUT2D eigenvalue weighted by Crippen LogP contribution is -2.38. The number of nitrogens with one attached hydrogen (secondary N) is 1. The van der Waals surface area contributed by atoms with Crippen molar-refractivity contribution in [2.75, 3.05) is 0 Å². The molecule has 5 heteroatoms. The quantitative estimate of drug-likeness (QED) is 0.653. The van der Waals surface area contributed by atoms with Gasteiger partial charge in [0.2, 0.25) is 0 Å². The molecule has 0 saturated heterocycles. The molecule has 1 atom stereocenters. The van der Waals surface area contributed by atoms with Crippen molar-refractivity contribution >= 4 is 27.3 Å². The second-order valence-corrected chi connectivity index (χ2v) is 5.88. The molecule has 2 nitrogen and oxygen atoms in total. The van der Waals surface area contributed by atoms with E-state index >= 15 is 0 Å². The smallest absolute Gasteiger partial charge is 0.124 e. The molecule has 3 N–H and O–H groups in total. The van der Waals surface area contributed by atoms with E-state index in [2.05, 4.69) is 32.8 Å². The molecule has 0 aliphatic rings. The zero-order valence-electron chi connectivity index (χ0n) is 9.70. The van der Waals surface area contributed by atoms with Gasteiger partial charge in [0.05, 0.1) is 0 Å². The number of thiophene rings is 1. The zero-order valence-corrected chi connectivity index (χ0v) is 12.1. The van der Waals surface area contributed by atoms with Crippen molar-refractivity contribution in [1.82, 2.24) is 5.43 Å². The standard InChI is InChI=1S/C13H14BrFN2S/c14-11-3-10(4-12(15)7-11)6-13(17-16)5-9-1-2-18-8-9/h1-4,7-8,13,17H,5-6,16H2. The molecular formula is C13H14BrFN2S. The number of hydrogen-bond donors (Lipinski definition) is 2. The Hall–Kier alpha value is -0.750. The van der Waals surface area contributed by atoms with E-state index in [1.54, 1.807) is 17.4 Å². The van der Waals surface area contributed by atoms with Gasteiger partial charge in [-0.05, 0) is 59.0 Å². The largest absolute Gasteiger partial charge is 0.271 e. The molecule has 0 bridgehead atoms. The predicted octanol–water partition coefficient (Wildman–Crippen LogP) is 3.27. The molecule has 0 aliphatic heterocycles. The van der Waals surface area contributed by atoms with Gasteiger partial charge in [0.1, 0.15) is 5.82 Å². The molecular weight excluding hydrogens is 315 g/mol. The van der Waals surface area contributed by atoms with Crippen LogP contribution in [0.25, 0.3) is 0 Å². The Labute approximate surface area is 118 Å². The lowest BCUT2D eigenvalue weighted by atomic mass is 10.0. The Morgan fingerprint density at radius 1 is 1.28 bits per heavy atom. The summed E-state index contributed by atoms with van der Waals surface area (Å²) in [6.07, 6.45) is 1.54. The lowest BCUT2D eigenvalue weighted by molar-refractivity contribution is 0.521. The first kappa shape index (κ1) is 13.7. The second-order valence-electron chi connectivity index (χ2n) is 4.18. The third kappa shape index (κ3) is 3.88. The van der Waals surface area contributed by atoms with E-state index in [9.17, 15) is 4.39 Å². The fourth-order valence-electron chi connectivity index (χ4n) is 1.90. The summed E-state index contributed by atoms with van der Waals surface area (Å²) in [5.41, 5.74) is 4.97. The van der Waals surface area contributed by atoms with Gasteiger partial charge in [-0.3, -0.25) is 11.3 Å². The second kappa shape index (κ2) is 6.43. The number of hydrazine groups is 1. The van der Waals surface area contributed by atoms with Crippen molar-refractivity contribution in [3.8, 4) is 0 Å². The van der Waals surface area contributed by atoms with Crippen molar-refractivity contribution in [2.24, 2.45) is 5.84 Å². The highest BCUT2D eigenvalue weighted by molar-refractivity contribution is 9.10. The molecule has 1 aromatic carbocycles. The third-order valence-electron chi connectivity index (χ3n) is 2.70. The highest BCUT2D eigenvalue weighted by Gasteiger charge is 2.10. The topological polar surface area (TPSA) is 38.0 Å². The van der Waals surface area contributed by atoms with Crippen LogP contribution in [-0.4, -0.2) is 6.04 Å². The summed E-state index contributed by atoms with van der Waals surface area (Å²) in [7, 11) is 0. The van der Waals surface area contributed by atoms with Gasteiger partial charge < -0.3 is 0 Å². The average molecular weight is 329 g/mol. The molecule has 2 rings (SSSR count). The molecule has 1 heterocycles. The van der Waals surface area contributed by atoms with Gasteiger partial charge in [-0.15, -0.1) is 0 Å². The van der Waals surface area contributed by atoms with E-state index in [1.807, 2.05) is 11.4 Å². The van der Waals surface area contributed by atoms with Crippen LogP contribution < -0.4 is 11.3 Å². The number of nitrogens with two attached hydrogens (primary N) is 1. The molecule has 96 valence electrons. The minimum atomic E-state index is -0.231. The summed E-state index contributed by atoms with van der Waals surface area (Å²) < 4.78 is 14.0. The van der Waals surface area contributed by atoms with Crippen LogP contribution in [0.5, 0.6) is 0 Å². The normalized spacial score (nSPS) is 12.6. The Balaban J connectivity index is 2.05. The third-order valence-corrected chi connectivity index (χ3v) is 3.89. The van der Waals surface area contributed by atoms with Crippen LogP contribution in [0, 0.1) is 5.82 Å². The van der Waals surface area contributed by atoms with Crippen LogP contribution in [-0.2, 0) is 12.8 Å². The maximum Gasteiger partial charge on any atom is 0.124 e. The summed E-state index contributed by atoms with van der Waals surface area (Å²) >= 11 is 4.96. The van der Waals surface area contributed by atoms with E-state index in [4.69, 9.17) is 5.84 Å². The Bertz CT molecular complexity index is 481. The predicted molar refractivity (Wildman–Crippen MR) is 76.9 cm³/mol. The highest BCUT2D eigenvalue weighted by Crippen LogP contribution is 2.17. The van der Waals surface area contributed by atoms with Crippen molar-refractivity contribution in [1.29, 1.82) is 0 Å². The Morgan fingerprint density at radius 3 is 2.67 bits per heavy atom. The maximum atomic E-state index is 13.3. The molecule has 1 unspecified atom stereocenters. The Morgan fingerprint density at radius 2 is 2.06 bits per heavy atom. The fourth-order valence-corrected chi connectivity index (χ4v) is 3.09. The van der Waals surface area contributed by atoms with E-state index in [-0.39, 0.29) is 11.9 Å². The van der Waals surface area contributed by atoms with Gasteiger partial charge in [-0.2, -0.15) is 11.3 Å². The molecule has 0 radical (unpaired) electrons. The molecule has 2 aromatic rings. The van der Waals surface area contributed by atoms with Crippen molar-refractivity contribution < 1.29 is 4.39 Å². The van der Waals surface area contributed by atoms with Gasteiger partial charge in [0, 0.05) is 10.5 Å². The molecule has 0 aliphatic carbocycles. The monoisotopic (exact) mass is 328 g/mol.